The van der Waals surface area contributed by atoms with Gasteiger partial charge in [-0.15, -0.1) is 0 Å². The van der Waals surface area contributed by atoms with Gasteiger partial charge in [0.15, 0.2) is 11.8 Å². The number of aryl methyl sites for hydroxylation is 1. The van der Waals surface area contributed by atoms with E-state index in [1.165, 1.54) is 20.2 Å². The van der Waals surface area contributed by atoms with Crippen LogP contribution in [0.15, 0.2) is 11.0 Å². The van der Waals surface area contributed by atoms with Crippen LogP contribution >= 0.6 is 0 Å². The number of hydrogen-bond donors (Lipinski definition) is 4. The smallest absolute Gasteiger partial charge is 0.351 e. The van der Waals surface area contributed by atoms with Crippen LogP contribution in [-0.2, 0) is 9.47 Å². The van der Waals surface area contributed by atoms with E-state index >= 15 is 0 Å². The molecule has 2 rings (SSSR count). The van der Waals surface area contributed by atoms with E-state index in [1.54, 1.807) is 6.92 Å². The molecule has 0 radical (unpaired) electrons. The van der Waals surface area contributed by atoms with Crippen LogP contribution in [0, 0.1) is 6.92 Å². The fraction of sp³-hybridized carbons (Fsp3) is 0.692. The summed E-state index contributed by atoms with van der Waals surface area (Å²) in [5.41, 5.74) is 3.42. The molecule has 1 saturated heterocycles. The number of nitrogens with zero attached hydrogens (tertiary/aromatic N) is 2. The number of nitrogens with two attached hydrogens (primary N) is 1. The molecule has 9 nitrogen and oxygen atoms in total. The van der Waals surface area contributed by atoms with Crippen molar-refractivity contribution in [1.82, 2.24) is 9.55 Å². The minimum Gasteiger partial charge on any atom is -0.394 e. The Balaban J connectivity index is 2.57. The Morgan fingerprint density at radius 2 is 2.27 bits per heavy atom. The minimum atomic E-state index is -1.93. The molecule has 2 heterocycles. The first kappa shape index (κ1) is 16.8. The van der Waals surface area contributed by atoms with E-state index in [4.69, 9.17) is 15.2 Å². The third-order valence-electron chi connectivity index (χ3n) is 4.14. The van der Waals surface area contributed by atoms with Crippen molar-refractivity contribution in [3.63, 3.8) is 0 Å². The van der Waals surface area contributed by atoms with Gasteiger partial charge in [-0.3, -0.25) is 4.57 Å². The van der Waals surface area contributed by atoms with E-state index in [0.717, 1.165) is 4.57 Å². The fourth-order valence-corrected chi connectivity index (χ4v) is 2.60. The molecule has 5 N–H and O–H groups in total. The number of ether oxygens (including phenoxy) is 2. The number of nitrogen functional groups attached to an aromatic ring is 1. The van der Waals surface area contributed by atoms with Crippen LogP contribution in [0.1, 0.15) is 18.7 Å². The van der Waals surface area contributed by atoms with Gasteiger partial charge in [0.1, 0.15) is 18.0 Å². The number of aliphatic hydroxyl groups excluding tert-OH is 2. The van der Waals surface area contributed by atoms with Crippen LogP contribution in [0.2, 0.25) is 0 Å². The lowest BCUT2D eigenvalue weighted by Gasteiger charge is -2.36. The molecule has 0 saturated carbocycles. The molecule has 0 spiro atoms. The van der Waals surface area contributed by atoms with Gasteiger partial charge in [0.2, 0.25) is 0 Å². The fourth-order valence-electron chi connectivity index (χ4n) is 2.60. The topological polar surface area (TPSA) is 140 Å². The van der Waals surface area contributed by atoms with Gasteiger partial charge in [-0.2, -0.15) is 4.98 Å². The monoisotopic (exact) mass is 315 g/mol. The number of anilines is 1. The molecule has 0 amide bonds. The maximum absolute atomic E-state index is 12.1. The highest BCUT2D eigenvalue weighted by Crippen LogP contribution is 2.41. The molecule has 22 heavy (non-hydrogen) atoms. The number of rotatable bonds is 4. The van der Waals surface area contributed by atoms with Crippen LogP contribution in [0.4, 0.5) is 5.82 Å². The van der Waals surface area contributed by atoms with E-state index in [9.17, 15) is 20.1 Å². The van der Waals surface area contributed by atoms with Gasteiger partial charge in [-0.05, 0) is 13.8 Å². The Kier molecular flexibility index (Phi) is 4.54. The zero-order valence-corrected chi connectivity index (χ0v) is 12.6. The SMILES string of the molecule is COC(C)[C@@]1(O)[C@H](O)[C@@H](CO)O[C@H]1n1cc(C)c(N)nc1=O. The lowest BCUT2D eigenvalue weighted by Crippen LogP contribution is -2.56. The largest absolute Gasteiger partial charge is 0.394 e. The van der Waals surface area contributed by atoms with Crippen molar-refractivity contribution in [3.8, 4) is 0 Å². The van der Waals surface area contributed by atoms with E-state index in [2.05, 4.69) is 4.98 Å². The first-order valence-corrected chi connectivity index (χ1v) is 6.82. The summed E-state index contributed by atoms with van der Waals surface area (Å²) in [6, 6.07) is 0. The van der Waals surface area contributed by atoms with Gasteiger partial charge in [-0.25, -0.2) is 4.79 Å². The predicted octanol–water partition coefficient (Wildman–Crippen LogP) is -1.85. The molecule has 0 aromatic carbocycles. The normalized spacial score (nSPS) is 33.1. The summed E-state index contributed by atoms with van der Waals surface area (Å²) >= 11 is 0. The summed E-state index contributed by atoms with van der Waals surface area (Å²) in [6.45, 7) is 2.65. The first-order valence-electron chi connectivity index (χ1n) is 6.82. The quantitative estimate of drug-likeness (QED) is 0.507. The Morgan fingerprint density at radius 3 is 2.82 bits per heavy atom. The molecule has 1 aromatic rings. The third kappa shape index (κ3) is 2.40. The standard InChI is InChI=1S/C13H21N3O6/c1-6-4-16(12(19)15-10(6)14)11-13(20,7(2)21-3)9(18)8(5-17)22-11/h4,7-9,11,17-18,20H,5H2,1-3H3,(H2,14,15,19)/t7?,8-,9-,11-,13-/m1/s1. The zero-order valence-electron chi connectivity index (χ0n) is 12.6. The Hall–Kier alpha value is -1.52. The molecular weight excluding hydrogens is 294 g/mol. The second kappa shape index (κ2) is 5.94. The number of methoxy groups -OCH3 is 1. The van der Waals surface area contributed by atoms with Crippen molar-refractivity contribution in [2.24, 2.45) is 0 Å². The molecule has 0 bridgehead atoms. The van der Waals surface area contributed by atoms with Crippen molar-refractivity contribution >= 4 is 5.82 Å². The highest BCUT2D eigenvalue weighted by Gasteiger charge is 2.59. The van der Waals surface area contributed by atoms with Crippen molar-refractivity contribution in [2.75, 3.05) is 19.5 Å². The minimum absolute atomic E-state index is 0.0711. The maximum Gasteiger partial charge on any atom is 0.351 e. The summed E-state index contributed by atoms with van der Waals surface area (Å²) in [6.07, 6.45) is -3.25. The summed E-state index contributed by atoms with van der Waals surface area (Å²) in [5.74, 6) is 0.0711. The van der Waals surface area contributed by atoms with Crippen LogP contribution in [-0.4, -0.2) is 62.5 Å². The highest BCUT2D eigenvalue weighted by molar-refractivity contribution is 5.35. The molecule has 1 fully saturated rings. The van der Waals surface area contributed by atoms with E-state index < -0.39 is 42.4 Å². The van der Waals surface area contributed by atoms with Crippen LogP contribution in [0.25, 0.3) is 0 Å². The van der Waals surface area contributed by atoms with Gasteiger partial charge in [0.25, 0.3) is 0 Å². The van der Waals surface area contributed by atoms with Gasteiger partial charge < -0.3 is 30.5 Å². The van der Waals surface area contributed by atoms with Gasteiger partial charge >= 0.3 is 5.69 Å². The van der Waals surface area contributed by atoms with E-state index in [0.29, 0.717) is 5.56 Å². The molecule has 5 atom stereocenters. The number of aliphatic hydroxyl groups is 3. The highest BCUT2D eigenvalue weighted by atomic mass is 16.6. The Labute approximate surface area is 126 Å². The van der Waals surface area contributed by atoms with Crippen molar-refractivity contribution in [2.45, 2.75) is 44.0 Å². The van der Waals surface area contributed by atoms with Crippen molar-refractivity contribution < 1.29 is 24.8 Å². The van der Waals surface area contributed by atoms with E-state index in [1.807, 2.05) is 0 Å². The lowest BCUT2D eigenvalue weighted by atomic mass is 9.88. The average molecular weight is 315 g/mol. The molecule has 0 aliphatic carbocycles. The molecule has 1 unspecified atom stereocenters. The van der Waals surface area contributed by atoms with Crippen molar-refractivity contribution in [1.29, 1.82) is 0 Å². The van der Waals surface area contributed by atoms with Gasteiger partial charge in [-0.1, -0.05) is 0 Å². The Bertz CT molecular complexity index is 606. The van der Waals surface area contributed by atoms with E-state index in [-0.39, 0.29) is 5.82 Å². The summed E-state index contributed by atoms with van der Waals surface area (Å²) < 4.78 is 11.6. The van der Waals surface area contributed by atoms with Gasteiger partial charge in [0.05, 0.1) is 12.7 Å². The van der Waals surface area contributed by atoms with Crippen LogP contribution in [0.5, 0.6) is 0 Å². The van der Waals surface area contributed by atoms with Crippen LogP contribution in [0.3, 0.4) is 0 Å². The predicted molar refractivity (Wildman–Crippen MR) is 76.1 cm³/mol. The van der Waals surface area contributed by atoms with Crippen molar-refractivity contribution in [3.05, 3.63) is 22.2 Å². The second-order valence-corrected chi connectivity index (χ2v) is 5.42. The number of aromatic nitrogens is 2. The zero-order chi connectivity index (χ0) is 16.7. The second-order valence-electron chi connectivity index (χ2n) is 5.42. The molecule has 9 heteroatoms. The van der Waals surface area contributed by atoms with Gasteiger partial charge in [0, 0.05) is 18.9 Å². The summed E-state index contributed by atoms with van der Waals surface area (Å²) in [7, 11) is 1.36. The average Bonchev–Trinajstić information content (AvgIpc) is 2.75. The summed E-state index contributed by atoms with van der Waals surface area (Å²) in [5, 5.41) is 30.5. The molecule has 1 aliphatic heterocycles. The maximum atomic E-state index is 12.1. The summed E-state index contributed by atoms with van der Waals surface area (Å²) in [4.78, 5) is 15.7. The molecule has 124 valence electrons. The lowest BCUT2D eigenvalue weighted by molar-refractivity contribution is -0.175. The molecule has 1 aliphatic rings. The molecular formula is C13H21N3O6. The molecule has 1 aromatic heterocycles. The Morgan fingerprint density at radius 1 is 1.64 bits per heavy atom. The van der Waals surface area contributed by atoms with Crippen LogP contribution < -0.4 is 11.4 Å². The number of hydrogen-bond acceptors (Lipinski definition) is 8. The third-order valence-corrected chi connectivity index (χ3v) is 4.14. The first-order chi connectivity index (χ1) is 10.3.